The summed E-state index contributed by atoms with van der Waals surface area (Å²) in [7, 11) is 0. The van der Waals surface area contributed by atoms with Gasteiger partial charge in [-0.05, 0) is 31.2 Å². The number of nitrogens with zero attached hydrogens (tertiary/aromatic N) is 1. The Hall–Kier alpha value is -2.56. The van der Waals surface area contributed by atoms with E-state index in [4.69, 9.17) is 11.5 Å². The van der Waals surface area contributed by atoms with Crippen molar-refractivity contribution < 1.29 is 4.79 Å². The number of aryl methyl sites for hydroxylation is 1. The third-order valence-electron chi connectivity index (χ3n) is 2.63. The van der Waals surface area contributed by atoms with E-state index < -0.39 is 5.91 Å². The normalized spacial score (nSPS) is 10.1. The van der Waals surface area contributed by atoms with Crippen LogP contribution in [-0.4, -0.2) is 10.9 Å². The molecule has 0 saturated carbocycles. The van der Waals surface area contributed by atoms with Crippen molar-refractivity contribution in [2.75, 3.05) is 11.1 Å². The van der Waals surface area contributed by atoms with Gasteiger partial charge in [-0.25, -0.2) is 0 Å². The fourth-order valence-corrected chi connectivity index (χ4v) is 1.67. The van der Waals surface area contributed by atoms with Crippen LogP contribution in [0.25, 0.3) is 0 Å². The van der Waals surface area contributed by atoms with Crippen LogP contribution < -0.4 is 16.8 Å². The molecule has 0 atom stereocenters. The largest absolute Gasteiger partial charge is 0.397 e. The smallest absolute Gasteiger partial charge is 0.250 e. The summed E-state index contributed by atoms with van der Waals surface area (Å²) >= 11 is 0. The van der Waals surface area contributed by atoms with Crippen molar-refractivity contribution in [3.8, 4) is 0 Å². The summed E-state index contributed by atoms with van der Waals surface area (Å²) in [5, 5.41) is 3.10. The third-order valence-corrected chi connectivity index (χ3v) is 2.63. The highest BCUT2D eigenvalue weighted by molar-refractivity contribution is 6.02. The number of carbonyl (C=O) groups excluding carboxylic acids is 1. The van der Waals surface area contributed by atoms with Crippen LogP contribution in [0.4, 0.5) is 17.1 Å². The molecule has 0 bridgehead atoms. The Balaban J connectivity index is 2.46. The highest BCUT2D eigenvalue weighted by Crippen LogP contribution is 2.27. The van der Waals surface area contributed by atoms with Crippen LogP contribution >= 0.6 is 0 Å². The minimum Gasteiger partial charge on any atom is -0.397 e. The fourth-order valence-electron chi connectivity index (χ4n) is 1.67. The molecular weight excluding hydrogens is 228 g/mol. The van der Waals surface area contributed by atoms with E-state index in [0.717, 1.165) is 11.4 Å². The Kier molecular flexibility index (Phi) is 3.14. The lowest BCUT2D eigenvalue weighted by Gasteiger charge is -2.13. The number of nitrogen functional groups attached to an aromatic ring is 1. The molecule has 2 rings (SSSR count). The second-order valence-corrected chi connectivity index (χ2v) is 3.90. The van der Waals surface area contributed by atoms with Gasteiger partial charge in [0.2, 0.25) is 0 Å². The zero-order valence-corrected chi connectivity index (χ0v) is 9.97. The summed E-state index contributed by atoms with van der Waals surface area (Å²) in [5.41, 5.74) is 14.1. The molecule has 0 fully saturated rings. The van der Waals surface area contributed by atoms with Crippen molar-refractivity contribution in [2.24, 2.45) is 5.73 Å². The van der Waals surface area contributed by atoms with Crippen LogP contribution in [0, 0.1) is 6.92 Å². The van der Waals surface area contributed by atoms with Crippen LogP contribution in [0.15, 0.2) is 36.5 Å². The van der Waals surface area contributed by atoms with Crippen LogP contribution in [0.5, 0.6) is 0 Å². The van der Waals surface area contributed by atoms with E-state index in [2.05, 4.69) is 10.3 Å². The van der Waals surface area contributed by atoms with Gasteiger partial charge in [0.15, 0.2) is 0 Å². The first-order valence-corrected chi connectivity index (χ1v) is 5.46. The number of hydrogen-bond acceptors (Lipinski definition) is 4. The highest BCUT2D eigenvalue weighted by atomic mass is 16.1. The predicted octanol–water partition coefficient (Wildman–Crippen LogP) is 1.81. The Morgan fingerprint density at radius 1 is 1.28 bits per heavy atom. The Labute approximate surface area is 105 Å². The summed E-state index contributed by atoms with van der Waals surface area (Å²) in [5.74, 6) is -0.522. The van der Waals surface area contributed by atoms with Gasteiger partial charge in [-0.15, -0.1) is 0 Å². The van der Waals surface area contributed by atoms with Gasteiger partial charge in [0.25, 0.3) is 5.91 Å². The lowest BCUT2D eigenvalue weighted by molar-refractivity contribution is 0.100. The summed E-state index contributed by atoms with van der Waals surface area (Å²) in [6.07, 6.45) is 1.70. The van der Waals surface area contributed by atoms with E-state index in [1.165, 1.54) is 0 Å². The van der Waals surface area contributed by atoms with Gasteiger partial charge in [-0.3, -0.25) is 9.78 Å². The van der Waals surface area contributed by atoms with Gasteiger partial charge in [-0.2, -0.15) is 0 Å². The summed E-state index contributed by atoms with van der Waals surface area (Å²) in [6.45, 7) is 1.87. The average molecular weight is 242 g/mol. The number of anilines is 3. The number of rotatable bonds is 3. The highest BCUT2D eigenvalue weighted by Gasteiger charge is 2.11. The molecule has 0 spiro atoms. The third kappa shape index (κ3) is 2.24. The van der Waals surface area contributed by atoms with Gasteiger partial charge in [-0.1, -0.05) is 6.07 Å². The van der Waals surface area contributed by atoms with Gasteiger partial charge >= 0.3 is 0 Å². The molecule has 0 radical (unpaired) electrons. The molecule has 0 aliphatic rings. The molecular formula is C13H14N4O. The maximum absolute atomic E-state index is 11.4. The molecule has 0 unspecified atom stereocenters. The number of nitrogens with one attached hydrogen (secondary N) is 1. The molecule has 0 aliphatic carbocycles. The summed E-state index contributed by atoms with van der Waals surface area (Å²) in [6, 6.07) is 8.70. The van der Waals surface area contributed by atoms with Gasteiger partial charge in [0.05, 0.1) is 28.3 Å². The maximum Gasteiger partial charge on any atom is 0.250 e. The SMILES string of the molecule is Cc1ncccc1Nc1c(N)cccc1C(N)=O. The van der Waals surface area contributed by atoms with Crippen LogP contribution in [-0.2, 0) is 0 Å². The number of hydrogen-bond donors (Lipinski definition) is 3. The van der Waals surface area contributed by atoms with E-state index in [-0.39, 0.29) is 0 Å². The first kappa shape index (κ1) is 11.9. The predicted molar refractivity (Wildman–Crippen MR) is 71.6 cm³/mol. The van der Waals surface area contributed by atoms with Crippen molar-refractivity contribution in [1.82, 2.24) is 4.98 Å². The Morgan fingerprint density at radius 2 is 2.06 bits per heavy atom. The maximum atomic E-state index is 11.4. The van der Waals surface area contributed by atoms with Crippen molar-refractivity contribution in [1.29, 1.82) is 0 Å². The van der Waals surface area contributed by atoms with Gasteiger partial charge in [0.1, 0.15) is 0 Å². The average Bonchev–Trinajstić information content (AvgIpc) is 2.34. The molecule has 92 valence electrons. The fraction of sp³-hybridized carbons (Fsp3) is 0.0769. The lowest BCUT2D eigenvalue weighted by Crippen LogP contribution is -2.14. The number of amides is 1. The molecule has 5 heteroatoms. The zero-order valence-electron chi connectivity index (χ0n) is 9.97. The van der Waals surface area contributed by atoms with E-state index in [9.17, 15) is 4.79 Å². The van der Waals surface area contributed by atoms with E-state index in [1.807, 2.05) is 13.0 Å². The molecule has 1 aromatic heterocycles. The summed E-state index contributed by atoms with van der Waals surface area (Å²) < 4.78 is 0. The number of carbonyl (C=O) groups is 1. The van der Waals surface area contributed by atoms with Crippen molar-refractivity contribution in [3.63, 3.8) is 0 Å². The minimum atomic E-state index is -0.522. The molecule has 2 aromatic rings. The molecule has 0 saturated heterocycles. The number of primary amides is 1. The molecule has 0 aliphatic heterocycles. The lowest BCUT2D eigenvalue weighted by atomic mass is 10.1. The number of nitrogens with two attached hydrogens (primary N) is 2. The monoisotopic (exact) mass is 242 g/mol. The Morgan fingerprint density at radius 3 is 2.72 bits per heavy atom. The van der Waals surface area contributed by atoms with Crippen molar-refractivity contribution >= 4 is 23.0 Å². The van der Waals surface area contributed by atoms with Gasteiger partial charge < -0.3 is 16.8 Å². The molecule has 18 heavy (non-hydrogen) atoms. The van der Waals surface area contributed by atoms with Crippen molar-refractivity contribution in [2.45, 2.75) is 6.92 Å². The minimum absolute atomic E-state index is 0.359. The van der Waals surface area contributed by atoms with Crippen LogP contribution in [0.1, 0.15) is 16.1 Å². The second kappa shape index (κ2) is 4.75. The van der Waals surface area contributed by atoms with E-state index in [1.54, 1.807) is 30.5 Å². The Bertz CT molecular complexity index is 595. The zero-order chi connectivity index (χ0) is 13.1. The quantitative estimate of drug-likeness (QED) is 0.715. The number of para-hydroxylation sites is 1. The molecule has 1 aromatic carbocycles. The first-order valence-electron chi connectivity index (χ1n) is 5.46. The molecule has 1 amide bonds. The first-order chi connectivity index (χ1) is 8.59. The number of aromatic nitrogens is 1. The number of benzene rings is 1. The molecule has 5 nitrogen and oxygen atoms in total. The standard InChI is InChI=1S/C13H14N4O/c1-8-11(6-3-7-16-8)17-12-9(13(15)18)4-2-5-10(12)14/h2-7,17H,14H2,1H3,(H2,15,18). The molecule has 5 N–H and O–H groups in total. The molecule has 1 heterocycles. The second-order valence-electron chi connectivity index (χ2n) is 3.90. The topological polar surface area (TPSA) is 94.0 Å². The van der Waals surface area contributed by atoms with E-state index in [0.29, 0.717) is 16.9 Å². The summed E-state index contributed by atoms with van der Waals surface area (Å²) in [4.78, 5) is 15.5. The van der Waals surface area contributed by atoms with E-state index >= 15 is 0 Å². The van der Waals surface area contributed by atoms with Crippen LogP contribution in [0.3, 0.4) is 0 Å². The van der Waals surface area contributed by atoms with Crippen LogP contribution in [0.2, 0.25) is 0 Å². The van der Waals surface area contributed by atoms with Crippen molar-refractivity contribution in [3.05, 3.63) is 47.8 Å². The van der Waals surface area contributed by atoms with Gasteiger partial charge in [0, 0.05) is 6.20 Å². The number of pyridine rings is 1.